The van der Waals surface area contributed by atoms with Crippen LogP contribution >= 0.6 is 0 Å². The molecule has 5 aromatic carbocycles. The Bertz CT molecular complexity index is 1320. The molecule has 5 rings (SSSR count). The van der Waals surface area contributed by atoms with E-state index in [1.54, 1.807) is 0 Å². The summed E-state index contributed by atoms with van der Waals surface area (Å²) in [5.41, 5.74) is 1.07. The zero-order valence-electron chi connectivity index (χ0n) is 13.7. The lowest BCUT2D eigenvalue weighted by atomic mass is 9.94. The van der Waals surface area contributed by atoms with Gasteiger partial charge in [-0.15, -0.1) is 0 Å². The van der Waals surface area contributed by atoms with E-state index in [4.69, 9.17) is 5.26 Å². The van der Waals surface area contributed by atoms with Crippen molar-refractivity contribution < 1.29 is 0 Å². The maximum atomic E-state index is 8.93. The lowest BCUT2D eigenvalue weighted by Crippen LogP contribution is -1.85. The number of fused-ring (bicyclic) bond motifs is 6. The van der Waals surface area contributed by atoms with Crippen LogP contribution in [0.4, 0.5) is 0 Å². The number of hydrogen-bond acceptors (Lipinski definition) is 1. The number of rotatable bonds is 1. The highest BCUT2D eigenvalue weighted by molar-refractivity contribution is 6.17. The maximum Gasteiger partial charge on any atom is 0.0669 e. The Morgan fingerprint density at radius 3 is 1.96 bits per heavy atom. The fourth-order valence-electron chi connectivity index (χ4n) is 3.82. The summed E-state index contributed by atoms with van der Waals surface area (Å²) in [5, 5.41) is 19.0. The topological polar surface area (TPSA) is 23.8 Å². The van der Waals surface area contributed by atoms with Crippen LogP contribution in [-0.4, -0.2) is 0 Å². The van der Waals surface area contributed by atoms with Crippen molar-refractivity contribution in [3.8, 4) is 6.07 Å². The summed E-state index contributed by atoms with van der Waals surface area (Å²) in [4.78, 5) is 0. The van der Waals surface area contributed by atoms with Crippen LogP contribution in [0.2, 0.25) is 0 Å². The van der Waals surface area contributed by atoms with E-state index in [1.807, 2.05) is 0 Å². The molecule has 0 aliphatic carbocycles. The minimum atomic E-state index is 0.455. The van der Waals surface area contributed by atoms with Gasteiger partial charge in [-0.25, -0.2) is 0 Å². The van der Waals surface area contributed by atoms with Crippen LogP contribution in [0, 0.1) is 11.3 Å². The lowest BCUT2D eigenvalue weighted by Gasteiger charge is -2.09. The molecule has 0 amide bonds. The Balaban J connectivity index is 1.91. The fraction of sp³-hybridized carbons (Fsp3) is 0.0417. The zero-order valence-corrected chi connectivity index (χ0v) is 13.7. The monoisotopic (exact) mass is 317 g/mol. The van der Waals surface area contributed by atoms with Crippen molar-refractivity contribution in [2.24, 2.45) is 0 Å². The van der Waals surface area contributed by atoms with E-state index in [-0.39, 0.29) is 0 Å². The van der Waals surface area contributed by atoms with Crippen molar-refractivity contribution >= 4 is 43.1 Å². The van der Waals surface area contributed by atoms with E-state index in [0.717, 1.165) is 5.56 Å². The van der Waals surface area contributed by atoms with Gasteiger partial charge in [0.15, 0.2) is 0 Å². The average Bonchev–Trinajstić information content (AvgIpc) is 2.66. The summed E-state index contributed by atoms with van der Waals surface area (Å²) in [6, 6.07) is 30.5. The predicted molar refractivity (Wildman–Crippen MR) is 106 cm³/mol. The molecule has 0 fully saturated rings. The van der Waals surface area contributed by atoms with Gasteiger partial charge < -0.3 is 0 Å². The van der Waals surface area contributed by atoms with Gasteiger partial charge in [0.05, 0.1) is 12.5 Å². The predicted octanol–water partition coefficient (Wildman–Crippen LogP) is 6.37. The minimum absolute atomic E-state index is 0.455. The number of benzene rings is 5. The van der Waals surface area contributed by atoms with Crippen molar-refractivity contribution in [2.45, 2.75) is 6.42 Å². The Kier molecular flexibility index (Phi) is 2.99. The van der Waals surface area contributed by atoms with E-state index < -0.39 is 0 Å². The molecule has 0 aliphatic rings. The average molecular weight is 317 g/mol. The molecule has 0 radical (unpaired) electrons. The fourth-order valence-corrected chi connectivity index (χ4v) is 3.82. The highest BCUT2D eigenvalue weighted by Crippen LogP contribution is 2.33. The highest BCUT2D eigenvalue weighted by Gasteiger charge is 2.06. The lowest BCUT2D eigenvalue weighted by molar-refractivity contribution is 1.27. The molecule has 0 saturated carbocycles. The zero-order chi connectivity index (χ0) is 16.8. The van der Waals surface area contributed by atoms with Crippen LogP contribution < -0.4 is 0 Å². The molecule has 0 spiro atoms. The van der Waals surface area contributed by atoms with Gasteiger partial charge in [0.2, 0.25) is 0 Å². The number of nitriles is 1. The van der Waals surface area contributed by atoms with Gasteiger partial charge in [0, 0.05) is 0 Å². The Morgan fingerprint density at radius 2 is 1.20 bits per heavy atom. The second-order valence-corrected chi connectivity index (χ2v) is 6.54. The van der Waals surface area contributed by atoms with Crippen molar-refractivity contribution in [1.29, 1.82) is 5.26 Å². The molecule has 0 aromatic heterocycles. The summed E-state index contributed by atoms with van der Waals surface area (Å²) in [7, 11) is 0. The standard InChI is InChI=1S/C24H15N/c25-12-11-16-5-10-22-18(13-16)8-9-20-14-19-7-6-17-3-1-2-4-21(17)23(19)15-24(20)22/h1-10,13-15H,11H2. The Hall–Kier alpha value is -3.37. The molecule has 0 aliphatic heterocycles. The molecular weight excluding hydrogens is 302 g/mol. The molecule has 0 heterocycles. The largest absolute Gasteiger partial charge is 0.198 e. The highest BCUT2D eigenvalue weighted by atomic mass is 14.2. The molecule has 0 unspecified atom stereocenters. The quantitative estimate of drug-likeness (QED) is 0.260. The smallest absolute Gasteiger partial charge is 0.0669 e. The molecule has 0 saturated heterocycles. The second kappa shape index (κ2) is 5.33. The van der Waals surface area contributed by atoms with Crippen molar-refractivity contribution in [2.75, 3.05) is 0 Å². The Labute approximate surface area is 145 Å². The first kappa shape index (κ1) is 14.0. The van der Waals surface area contributed by atoms with Gasteiger partial charge in [-0.1, -0.05) is 66.7 Å². The third-order valence-corrected chi connectivity index (χ3v) is 5.05. The molecule has 116 valence electrons. The number of nitrogens with zero attached hydrogens (tertiary/aromatic N) is 1. The normalized spacial score (nSPS) is 11.3. The van der Waals surface area contributed by atoms with Crippen molar-refractivity contribution in [3.63, 3.8) is 0 Å². The molecule has 0 bridgehead atoms. The minimum Gasteiger partial charge on any atom is -0.198 e. The van der Waals surface area contributed by atoms with Crippen LogP contribution in [0.15, 0.2) is 78.9 Å². The summed E-state index contributed by atoms with van der Waals surface area (Å²) >= 11 is 0. The Morgan fingerprint density at radius 1 is 0.560 bits per heavy atom. The molecular formula is C24H15N. The van der Waals surface area contributed by atoms with E-state index in [1.165, 1.54) is 43.1 Å². The summed E-state index contributed by atoms with van der Waals surface area (Å²) < 4.78 is 0. The summed E-state index contributed by atoms with van der Waals surface area (Å²) in [5.74, 6) is 0. The van der Waals surface area contributed by atoms with Crippen molar-refractivity contribution in [1.82, 2.24) is 0 Å². The molecule has 1 heteroatoms. The third-order valence-electron chi connectivity index (χ3n) is 5.05. The van der Waals surface area contributed by atoms with Crippen LogP contribution in [0.5, 0.6) is 0 Å². The first-order valence-corrected chi connectivity index (χ1v) is 8.47. The third kappa shape index (κ3) is 2.16. The SMILES string of the molecule is N#CCc1ccc2c(ccc3cc4ccc5ccccc5c4cc32)c1. The molecule has 0 atom stereocenters. The summed E-state index contributed by atoms with van der Waals surface area (Å²) in [6.45, 7) is 0. The molecule has 1 nitrogen and oxygen atoms in total. The van der Waals surface area contributed by atoms with Gasteiger partial charge in [-0.2, -0.15) is 5.26 Å². The van der Waals surface area contributed by atoms with E-state index >= 15 is 0 Å². The van der Waals surface area contributed by atoms with Crippen LogP contribution in [0.3, 0.4) is 0 Å². The molecule has 5 aromatic rings. The van der Waals surface area contributed by atoms with E-state index in [0.29, 0.717) is 6.42 Å². The van der Waals surface area contributed by atoms with Crippen LogP contribution in [0.25, 0.3) is 43.1 Å². The van der Waals surface area contributed by atoms with Crippen LogP contribution in [-0.2, 0) is 6.42 Å². The molecule has 25 heavy (non-hydrogen) atoms. The van der Waals surface area contributed by atoms with E-state index in [9.17, 15) is 0 Å². The van der Waals surface area contributed by atoms with Gasteiger partial charge in [-0.3, -0.25) is 0 Å². The van der Waals surface area contributed by atoms with Gasteiger partial charge in [0.1, 0.15) is 0 Å². The molecule has 0 N–H and O–H groups in total. The second-order valence-electron chi connectivity index (χ2n) is 6.54. The first-order chi connectivity index (χ1) is 12.3. The first-order valence-electron chi connectivity index (χ1n) is 8.47. The van der Waals surface area contributed by atoms with Crippen LogP contribution in [0.1, 0.15) is 5.56 Å². The van der Waals surface area contributed by atoms with Crippen molar-refractivity contribution in [3.05, 3.63) is 84.4 Å². The van der Waals surface area contributed by atoms with Gasteiger partial charge in [-0.05, 0) is 60.8 Å². The van der Waals surface area contributed by atoms with E-state index in [2.05, 4.69) is 84.9 Å². The van der Waals surface area contributed by atoms with Gasteiger partial charge >= 0.3 is 0 Å². The maximum absolute atomic E-state index is 8.93. The number of hydrogen-bond donors (Lipinski definition) is 0. The van der Waals surface area contributed by atoms with Gasteiger partial charge in [0.25, 0.3) is 0 Å². The summed E-state index contributed by atoms with van der Waals surface area (Å²) in [6.07, 6.45) is 0.455.